The first-order valence-electron chi connectivity index (χ1n) is 10.1. The fourth-order valence-electron chi connectivity index (χ4n) is 4.33. The predicted octanol–water partition coefficient (Wildman–Crippen LogP) is 2.55. The zero-order chi connectivity index (χ0) is 19.8. The first kappa shape index (κ1) is 18.1. The minimum absolute atomic E-state index is 0.388. The number of morpholine rings is 1. The number of nitrogens with zero attached hydrogens (tertiary/aromatic N) is 3. The van der Waals surface area contributed by atoms with E-state index in [2.05, 4.69) is 21.7 Å². The molecule has 148 valence electrons. The molecular formula is C23H24N4O2. The molecule has 5 rings (SSSR count). The van der Waals surface area contributed by atoms with Crippen LogP contribution in [0.25, 0.3) is 22.5 Å². The second-order valence-electron chi connectivity index (χ2n) is 7.63. The van der Waals surface area contributed by atoms with Gasteiger partial charge in [-0.1, -0.05) is 36.4 Å². The molecule has 6 nitrogen and oxygen atoms in total. The van der Waals surface area contributed by atoms with Crippen LogP contribution >= 0.6 is 0 Å². The highest BCUT2D eigenvalue weighted by Crippen LogP contribution is 2.42. The molecule has 1 fully saturated rings. The van der Waals surface area contributed by atoms with Gasteiger partial charge >= 0.3 is 0 Å². The fourth-order valence-corrected chi connectivity index (χ4v) is 4.33. The Morgan fingerprint density at radius 2 is 1.86 bits per heavy atom. The van der Waals surface area contributed by atoms with Crippen molar-refractivity contribution in [3.8, 4) is 22.5 Å². The zero-order valence-corrected chi connectivity index (χ0v) is 16.3. The summed E-state index contributed by atoms with van der Waals surface area (Å²) >= 11 is 0. The van der Waals surface area contributed by atoms with E-state index in [9.17, 15) is 4.79 Å². The van der Waals surface area contributed by atoms with Gasteiger partial charge in [0.1, 0.15) is 0 Å². The normalized spacial score (nSPS) is 15.9. The van der Waals surface area contributed by atoms with E-state index < -0.39 is 0 Å². The summed E-state index contributed by atoms with van der Waals surface area (Å²) in [7, 11) is 0. The molecule has 2 aliphatic rings. The number of carbonyl (C=O) groups is 1. The van der Waals surface area contributed by atoms with Crippen LogP contribution in [0.4, 0.5) is 0 Å². The quantitative estimate of drug-likeness (QED) is 0.570. The lowest BCUT2D eigenvalue weighted by atomic mass is 10.0. The largest absolute Gasteiger partial charge is 0.379 e. The Balaban J connectivity index is 1.54. The second kappa shape index (κ2) is 7.46. The third-order valence-corrected chi connectivity index (χ3v) is 5.84. The van der Waals surface area contributed by atoms with Crippen molar-refractivity contribution in [2.75, 3.05) is 32.8 Å². The van der Waals surface area contributed by atoms with E-state index in [1.165, 1.54) is 11.3 Å². The van der Waals surface area contributed by atoms with E-state index in [0.717, 1.165) is 68.2 Å². The van der Waals surface area contributed by atoms with Crippen LogP contribution in [-0.4, -0.2) is 53.4 Å². The van der Waals surface area contributed by atoms with Gasteiger partial charge in [-0.2, -0.15) is 5.10 Å². The number of aromatic nitrogens is 2. The number of carbonyl (C=O) groups excluding carboxylic acids is 1. The summed E-state index contributed by atoms with van der Waals surface area (Å²) in [6, 6.07) is 16.1. The lowest BCUT2D eigenvalue weighted by molar-refractivity contribution is 0.0360. The third kappa shape index (κ3) is 3.34. The third-order valence-electron chi connectivity index (χ3n) is 5.84. The minimum atomic E-state index is -0.388. The topological polar surface area (TPSA) is 73.4 Å². The van der Waals surface area contributed by atoms with Crippen molar-refractivity contribution in [1.29, 1.82) is 0 Å². The van der Waals surface area contributed by atoms with Gasteiger partial charge in [0.2, 0.25) is 5.91 Å². The molecule has 0 radical (unpaired) electrons. The monoisotopic (exact) mass is 388 g/mol. The van der Waals surface area contributed by atoms with Crippen LogP contribution in [0.2, 0.25) is 0 Å². The number of primary amides is 1. The van der Waals surface area contributed by atoms with Gasteiger partial charge in [0.05, 0.1) is 31.1 Å². The van der Waals surface area contributed by atoms with Crippen LogP contribution in [0.1, 0.15) is 21.5 Å². The number of fused-ring (bicyclic) bond motifs is 3. The molecule has 0 unspecified atom stereocenters. The molecule has 2 aromatic carbocycles. The molecule has 1 aliphatic heterocycles. The summed E-state index contributed by atoms with van der Waals surface area (Å²) in [5.41, 5.74) is 12.9. The molecular weight excluding hydrogens is 364 g/mol. The fraction of sp³-hybridized carbons (Fsp3) is 0.304. The Kier molecular flexibility index (Phi) is 4.66. The summed E-state index contributed by atoms with van der Waals surface area (Å²) in [4.78, 5) is 14.1. The molecule has 0 bridgehead atoms. The van der Waals surface area contributed by atoms with Gasteiger partial charge in [0.15, 0.2) is 0 Å². The molecule has 29 heavy (non-hydrogen) atoms. The number of nitrogens with two attached hydrogens (primary N) is 1. The van der Waals surface area contributed by atoms with Crippen LogP contribution < -0.4 is 5.73 Å². The molecule has 3 aromatic rings. The summed E-state index contributed by atoms with van der Waals surface area (Å²) < 4.78 is 7.60. The highest BCUT2D eigenvalue weighted by molar-refractivity contribution is 5.94. The van der Waals surface area contributed by atoms with Gasteiger partial charge in [0.25, 0.3) is 0 Å². The Labute approximate surface area is 169 Å². The first-order chi connectivity index (χ1) is 14.2. The van der Waals surface area contributed by atoms with Crippen molar-refractivity contribution in [3.05, 3.63) is 65.2 Å². The summed E-state index contributed by atoms with van der Waals surface area (Å²) in [5, 5.41) is 5.01. The lowest BCUT2D eigenvalue weighted by Crippen LogP contribution is -2.38. The number of ether oxygens (including phenoxy) is 1. The Morgan fingerprint density at radius 1 is 1.07 bits per heavy atom. The predicted molar refractivity (Wildman–Crippen MR) is 112 cm³/mol. The van der Waals surface area contributed by atoms with Crippen molar-refractivity contribution in [3.63, 3.8) is 0 Å². The molecule has 1 amide bonds. The average molecular weight is 388 g/mol. The van der Waals surface area contributed by atoms with Crippen LogP contribution in [0.5, 0.6) is 0 Å². The highest BCUT2D eigenvalue weighted by Gasteiger charge is 2.29. The van der Waals surface area contributed by atoms with Crippen LogP contribution in [0.15, 0.2) is 48.5 Å². The van der Waals surface area contributed by atoms with Gasteiger partial charge in [-0.15, -0.1) is 0 Å². The molecule has 2 heterocycles. The Morgan fingerprint density at radius 3 is 2.62 bits per heavy atom. The maximum absolute atomic E-state index is 11.6. The molecule has 0 saturated carbocycles. The molecule has 1 aromatic heterocycles. The number of hydrogen-bond acceptors (Lipinski definition) is 4. The summed E-state index contributed by atoms with van der Waals surface area (Å²) in [6.07, 6.45) is 0.771. The second-order valence-corrected chi connectivity index (χ2v) is 7.63. The van der Waals surface area contributed by atoms with Crippen molar-refractivity contribution in [1.82, 2.24) is 14.7 Å². The summed E-state index contributed by atoms with van der Waals surface area (Å²) in [5.74, 6) is -0.388. The zero-order valence-electron chi connectivity index (χ0n) is 16.3. The van der Waals surface area contributed by atoms with E-state index in [1.807, 2.05) is 36.4 Å². The van der Waals surface area contributed by atoms with Crippen molar-refractivity contribution < 1.29 is 9.53 Å². The van der Waals surface area contributed by atoms with Gasteiger partial charge in [0, 0.05) is 48.3 Å². The standard InChI is InChI=1S/C23H24N4O2/c24-23(28)17-6-7-19-18(14-17)15-20-21(16-4-2-1-3-5-16)25-27(22(19)20)9-8-26-10-12-29-13-11-26/h1-7,14H,8-13,15H2,(H2,24,28). The minimum Gasteiger partial charge on any atom is -0.379 e. The lowest BCUT2D eigenvalue weighted by Gasteiger charge is -2.26. The molecule has 0 spiro atoms. The number of rotatable bonds is 5. The van der Waals surface area contributed by atoms with Crippen molar-refractivity contribution >= 4 is 5.91 Å². The number of amides is 1. The average Bonchev–Trinajstić information content (AvgIpc) is 3.30. The van der Waals surface area contributed by atoms with E-state index in [-0.39, 0.29) is 5.91 Å². The molecule has 1 saturated heterocycles. The maximum atomic E-state index is 11.6. The van der Waals surface area contributed by atoms with Gasteiger partial charge < -0.3 is 10.5 Å². The molecule has 1 aliphatic carbocycles. The summed E-state index contributed by atoms with van der Waals surface area (Å²) in [6.45, 7) is 5.30. The van der Waals surface area contributed by atoms with E-state index >= 15 is 0 Å². The van der Waals surface area contributed by atoms with E-state index in [4.69, 9.17) is 15.6 Å². The first-order valence-corrected chi connectivity index (χ1v) is 10.1. The molecule has 6 heteroatoms. The Hall–Kier alpha value is -2.96. The van der Waals surface area contributed by atoms with Crippen molar-refractivity contribution in [2.45, 2.75) is 13.0 Å². The highest BCUT2D eigenvalue weighted by atomic mass is 16.5. The number of benzene rings is 2. The molecule has 0 atom stereocenters. The van der Waals surface area contributed by atoms with Gasteiger partial charge in [-0.05, 0) is 17.7 Å². The smallest absolute Gasteiger partial charge is 0.248 e. The number of hydrogen-bond donors (Lipinski definition) is 1. The van der Waals surface area contributed by atoms with Gasteiger partial charge in [-0.25, -0.2) is 0 Å². The van der Waals surface area contributed by atoms with Crippen LogP contribution in [0.3, 0.4) is 0 Å². The van der Waals surface area contributed by atoms with Gasteiger partial charge in [-0.3, -0.25) is 14.4 Å². The van der Waals surface area contributed by atoms with E-state index in [0.29, 0.717) is 5.56 Å². The maximum Gasteiger partial charge on any atom is 0.248 e. The van der Waals surface area contributed by atoms with Crippen LogP contribution in [0, 0.1) is 0 Å². The van der Waals surface area contributed by atoms with Crippen LogP contribution in [-0.2, 0) is 17.7 Å². The molecule has 2 N–H and O–H groups in total. The van der Waals surface area contributed by atoms with E-state index in [1.54, 1.807) is 0 Å². The Bertz CT molecular complexity index is 1050. The SMILES string of the molecule is NC(=O)c1ccc2c(c1)Cc1c(-c3ccccc3)nn(CCN3CCOCC3)c1-2. The van der Waals surface area contributed by atoms with Crippen molar-refractivity contribution in [2.24, 2.45) is 5.73 Å².